The predicted octanol–water partition coefficient (Wildman–Crippen LogP) is 1.70. The van der Waals surface area contributed by atoms with Gasteiger partial charge in [-0.3, -0.25) is 0 Å². The molecule has 1 rings (SSSR count). The Balaban J connectivity index is 2.88. The van der Waals surface area contributed by atoms with Gasteiger partial charge in [0.15, 0.2) is 0 Å². The van der Waals surface area contributed by atoms with Gasteiger partial charge in [0.2, 0.25) is 0 Å². The van der Waals surface area contributed by atoms with Gasteiger partial charge in [-0.1, -0.05) is 0 Å². The average molecular weight is 180 g/mol. The summed E-state index contributed by atoms with van der Waals surface area (Å²) in [5.74, 6) is 0.832. The number of nitrogens with zero attached hydrogens (tertiary/aromatic N) is 1. The summed E-state index contributed by atoms with van der Waals surface area (Å²) < 4.78 is 0. The molecule has 0 fully saturated rings. The van der Waals surface area contributed by atoms with Crippen LogP contribution in [0.2, 0.25) is 0 Å². The Labute approximate surface area is 78.8 Å². The minimum absolute atomic E-state index is 0.0656. The van der Waals surface area contributed by atoms with E-state index in [-0.39, 0.29) is 6.61 Å². The van der Waals surface area contributed by atoms with E-state index in [1.807, 2.05) is 19.1 Å². The molecule has 0 bridgehead atoms. The van der Waals surface area contributed by atoms with Crippen molar-refractivity contribution in [3.05, 3.63) is 23.4 Å². The van der Waals surface area contributed by atoms with Gasteiger partial charge >= 0.3 is 0 Å². The summed E-state index contributed by atoms with van der Waals surface area (Å²) >= 11 is 0. The summed E-state index contributed by atoms with van der Waals surface area (Å²) in [6.45, 7) is 6.10. The second-order valence-corrected chi connectivity index (χ2v) is 3.46. The third-order valence-corrected chi connectivity index (χ3v) is 1.63. The van der Waals surface area contributed by atoms with Crippen LogP contribution >= 0.6 is 0 Å². The minimum Gasteiger partial charge on any atom is -0.392 e. The van der Waals surface area contributed by atoms with Gasteiger partial charge in [0.25, 0.3) is 0 Å². The first-order valence-electron chi connectivity index (χ1n) is 4.47. The van der Waals surface area contributed by atoms with Crippen molar-refractivity contribution in [2.75, 3.05) is 5.32 Å². The molecule has 0 aromatic carbocycles. The molecular weight excluding hydrogens is 164 g/mol. The molecule has 0 saturated heterocycles. The summed E-state index contributed by atoms with van der Waals surface area (Å²) in [6.07, 6.45) is 0. The van der Waals surface area contributed by atoms with Gasteiger partial charge in [0, 0.05) is 11.7 Å². The van der Waals surface area contributed by atoms with E-state index in [0.717, 1.165) is 17.1 Å². The smallest absolute Gasteiger partial charge is 0.126 e. The van der Waals surface area contributed by atoms with Crippen molar-refractivity contribution in [3.63, 3.8) is 0 Å². The van der Waals surface area contributed by atoms with Crippen LogP contribution < -0.4 is 5.32 Å². The third-order valence-electron chi connectivity index (χ3n) is 1.63. The number of pyridine rings is 1. The molecule has 0 saturated carbocycles. The Morgan fingerprint density at radius 3 is 2.69 bits per heavy atom. The molecule has 0 radical (unpaired) electrons. The lowest BCUT2D eigenvalue weighted by Gasteiger charge is -2.10. The van der Waals surface area contributed by atoms with Crippen LogP contribution in [0.1, 0.15) is 25.1 Å². The van der Waals surface area contributed by atoms with E-state index in [9.17, 15) is 0 Å². The zero-order valence-electron chi connectivity index (χ0n) is 8.33. The van der Waals surface area contributed by atoms with Gasteiger partial charge in [0.05, 0.1) is 6.61 Å². The molecule has 72 valence electrons. The molecule has 1 aromatic rings. The molecule has 2 N–H and O–H groups in total. The number of rotatable bonds is 3. The first-order chi connectivity index (χ1) is 6.11. The van der Waals surface area contributed by atoms with Gasteiger partial charge in [-0.05, 0) is 38.5 Å². The molecule has 3 nitrogen and oxygen atoms in total. The lowest BCUT2D eigenvalue weighted by Crippen LogP contribution is -2.11. The highest BCUT2D eigenvalue weighted by Crippen LogP contribution is 2.10. The number of hydrogen-bond donors (Lipinski definition) is 2. The summed E-state index contributed by atoms with van der Waals surface area (Å²) in [5.41, 5.74) is 1.82. The lowest BCUT2D eigenvalue weighted by molar-refractivity contribution is 0.281. The number of aliphatic hydroxyl groups excluding tert-OH is 1. The lowest BCUT2D eigenvalue weighted by atomic mass is 10.2. The predicted molar refractivity (Wildman–Crippen MR) is 53.7 cm³/mol. The van der Waals surface area contributed by atoms with E-state index in [0.29, 0.717) is 6.04 Å². The highest BCUT2D eigenvalue weighted by Gasteiger charge is 2.00. The van der Waals surface area contributed by atoms with Crippen molar-refractivity contribution in [2.24, 2.45) is 0 Å². The fourth-order valence-corrected chi connectivity index (χ4v) is 1.20. The first-order valence-corrected chi connectivity index (χ1v) is 4.47. The van der Waals surface area contributed by atoms with Gasteiger partial charge in [-0.2, -0.15) is 0 Å². The Bertz CT molecular complexity index is 284. The number of aromatic nitrogens is 1. The number of aliphatic hydroxyl groups is 1. The van der Waals surface area contributed by atoms with Crippen LogP contribution in [0.25, 0.3) is 0 Å². The summed E-state index contributed by atoms with van der Waals surface area (Å²) in [7, 11) is 0. The van der Waals surface area contributed by atoms with Crippen molar-refractivity contribution in [3.8, 4) is 0 Å². The molecule has 0 aliphatic carbocycles. The maximum atomic E-state index is 8.97. The van der Waals surface area contributed by atoms with Crippen LogP contribution in [0.5, 0.6) is 0 Å². The van der Waals surface area contributed by atoms with E-state index in [1.165, 1.54) is 0 Å². The van der Waals surface area contributed by atoms with Crippen LogP contribution in [0.15, 0.2) is 12.1 Å². The van der Waals surface area contributed by atoms with Crippen LogP contribution in [-0.4, -0.2) is 16.1 Å². The molecule has 0 aliphatic rings. The largest absolute Gasteiger partial charge is 0.392 e. The highest BCUT2D eigenvalue weighted by molar-refractivity contribution is 5.39. The summed E-state index contributed by atoms with van der Waals surface area (Å²) in [5, 5.41) is 12.2. The zero-order valence-corrected chi connectivity index (χ0v) is 8.33. The highest BCUT2D eigenvalue weighted by atomic mass is 16.3. The zero-order chi connectivity index (χ0) is 9.84. The Morgan fingerprint density at radius 1 is 1.46 bits per heavy atom. The number of nitrogens with one attached hydrogen (secondary N) is 1. The maximum absolute atomic E-state index is 8.97. The number of aryl methyl sites for hydroxylation is 1. The monoisotopic (exact) mass is 180 g/mol. The molecule has 13 heavy (non-hydrogen) atoms. The standard InChI is InChI=1S/C10H16N2O/c1-7(2)11-10-5-9(6-13)4-8(3)12-10/h4-5,7,13H,6H2,1-3H3,(H,11,12). The molecule has 0 spiro atoms. The van der Waals surface area contributed by atoms with Crippen LogP contribution in [-0.2, 0) is 6.61 Å². The quantitative estimate of drug-likeness (QED) is 0.744. The Kier molecular flexibility index (Phi) is 3.25. The molecule has 0 amide bonds. The SMILES string of the molecule is Cc1cc(CO)cc(NC(C)C)n1. The van der Waals surface area contributed by atoms with E-state index < -0.39 is 0 Å². The number of hydrogen-bond acceptors (Lipinski definition) is 3. The molecule has 0 atom stereocenters. The topological polar surface area (TPSA) is 45.1 Å². The van der Waals surface area contributed by atoms with Gasteiger partial charge in [0.1, 0.15) is 5.82 Å². The Morgan fingerprint density at radius 2 is 2.15 bits per heavy atom. The number of anilines is 1. The van der Waals surface area contributed by atoms with Crippen LogP contribution in [0.3, 0.4) is 0 Å². The van der Waals surface area contributed by atoms with Crippen molar-refractivity contribution in [1.29, 1.82) is 0 Å². The second-order valence-electron chi connectivity index (χ2n) is 3.46. The van der Waals surface area contributed by atoms with Gasteiger partial charge in [-0.25, -0.2) is 4.98 Å². The van der Waals surface area contributed by atoms with Crippen molar-refractivity contribution >= 4 is 5.82 Å². The minimum atomic E-state index is 0.0656. The molecule has 0 aliphatic heterocycles. The van der Waals surface area contributed by atoms with Gasteiger partial charge < -0.3 is 10.4 Å². The van der Waals surface area contributed by atoms with Crippen molar-refractivity contribution < 1.29 is 5.11 Å². The van der Waals surface area contributed by atoms with Crippen molar-refractivity contribution in [2.45, 2.75) is 33.4 Å². The van der Waals surface area contributed by atoms with E-state index >= 15 is 0 Å². The molecule has 0 unspecified atom stereocenters. The van der Waals surface area contributed by atoms with Crippen molar-refractivity contribution in [1.82, 2.24) is 4.98 Å². The van der Waals surface area contributed by atoms with E-state index in [4.69, 9.17) is 5.11 Å². The van der Waals surface area contributed by atoms with E-state index in [1.54, 1.807) is 0 Å². The van der Waals surface area contributed by atoms with Crippen LogP contribution in [0, 0.1) is 6.92 Å². The molecule has 1 aromatic heterocycles. The van der Waals surface area contributed by atoms with Crippen LogP contribution in [0.4, 0.5) is 5.82 Å². The normalized spacial score (nSPS) is 10.5. The fraction of sp³-hybridized carbons (Fsp3) is 0.500. The molecule has 3 heteroatoms. The second kappa shape index (κ2) is 4.23. The Hall–Kier alpha value is -1.09. The maximum Gasteiger partial charge on any atom is 0.126 e. The van der Waals surface area contributed by atoms with E-state index in [2.05, 4.69) is 24.1 Å². The summed E-state index contributed by atoms with van der Waals surface area (Å²) in [4.78, 5) is 4.30. The molecular formula is C10H16N2O. The summed E-state index contributed by atoms with van der Waals surface area (Å²) in [6, 6.07) is 4.11. The van der Waals surface area contributed by atoms with Gasteiger partial charge in [-0.15, -0.1) is 0 Å². The average Bonchev–Trinajstić information content (AvgIpc) is 2.01. The third kappa shape index (κ3) is 3.03. The first kappa shape index (κ1) is 9.99. The molecule has 1 heterocycles. The fourth-order valence-electron chi connectivity index (χ4n) is 1.20.